The molecular formula is C93H152Cl3N17O24. The van der Waals surface area contributed by atoms with Crippen molar-refractivity contribution in [3.05, 3.63) is 168 Å². The van der Waals surface area contributed by atoms with E-state index in [1.54, 1.807) is 80.5 Å². The summed E-state index contributed by atoms with van der Waals surface area (Å²) in [6.45, 7) is 31.1. The Morgan fingerprint density at radius 1 is 0.394 bits per heavy atom. The van der Waals surface area contributed by atoms with E-state index in [0.29, 0.717) is 62.4 Å². The van der Waals surface area contributed by atoms with Gasteiger partial charge >= 0.3 is 24.2 Å². The summed E-state index contributed by atoms with van der Waals surface area (Å²) < 4.78 is 15.4. The van der Waals surface area contributed by atoms with Crippen molar-refractivity contribution >= 4 is 114 Å². The molecule has 6 aromatic rings. The molecule has 1 heterocycles. The number of ether oxygens (including phenoxy) is 3. The van der Waals surface area contributed by atoms with Gasteiger partial charge in [0.1, 0.15) is 59.0 Å². The van der Waals surface area contributed by atoms with Crippen molar-refractivity contribution in [1.82, 2.24) is 79.0 Å². The molecule has 25 N–H and O–H groups in total. The highest BCUT2D eigenvalue weighted by molar-refractivity contribution is 5.91. The van der Waals surface area contributed by atoms with Crippen LogP contribution < -0.4 is 80.3 Å². The number of rotatable bonds is 46. The van der Waals surface area contributed by atoms with Crippen molar-refractivity contribution in [2.24, 2.45) is 11.5 Å². The minimum Gasteiger partial charge on any atom is -0.480 e. The van der Waals surface area contributed by atoms with E-state index in [-0.39, 0.29) is 111 Å². The number of benzene rings is 5. The Labute approximate surface area is 821 Å². The van der Waals surface area contributed by atoms with Crippen LogP contribution in [0, 0.1) is 0 Å². The molecule has 0 spiro atoms. The number of carbonyl (C=O) groups excluding carboxylic acids is 10. The SMILES string of the molecule is CCCC(N)C(=O)[C@H](O)NCC(=O)N[C@H](C)c1ccccc1.CCCC(N)C(O)[C@H](O)NCC(=O)N[C@H](C)c1ccccc1.CCCC(NC(=O)OC(C)(C)C)C(=O)[C@H](O)NCC(=O)N[C@H](C)c1ccccc1.CCCC(NC(=O)OC(C)(C)C)C(O)C(=O)NCC(=O)O.CCCC(NC(=O)OC(C)(C)C)C(O)[C@H](O)NCC(=O)N[C@H](C)c1ccccc1.Cl.Cl.Cl.OOn1nnc2ccccc21. The zero-order valence-corrected chi connectivity index (χ0v) is 84.0. The Hall–Kier alpha value is -10.4. The van der Waals surface area contributed by atoms with E-state index < -0.39 is 139 Å². The summed E-state index contributed by atoms with van der Waals surface area (Å²) in [4.78, 5) is 135. The number of para-hydroxylation sites is 1. The number of nitrogens with one attached hydrogen (secondary N) is 12. The average molecular weight is 2000 g/mol. The normalized spacial score (nSPS) is 14.4. The van der Waals surface area contributed by atoms with Gasteiger partial charge in [-0.2, -0.15) is 5.26 Å². The standard InChI is InChI=1S/C21H35N3O5.C21H33N3O5.C16H27N3O3.C16H25N3O3.C13H24N2O6.C6H5N3O2.3ClH/c2*1-6-10-16(24-20(28)29-21(3,4)5)18(26)19(27)22-13-17(25)23-14(2)15-11-8-7-9-12-15;2*1-3-7-13(17)15(21)16(22)18-10-14(20)19-11(2)12-8-5-4-6-9-12;1-5-6-8(15-12(20)21-13(2,3)4)10(18)11(19)14-7-9(16)17;10-11-9-6-4-2-1-3-5(6)7-8-9;;;/h7-9,11-12,14,16,18-19,22,26-27H,6,10,13H2,1-5H3,(H,23,25)(H,24,28);7-9,11-12,14,16,19,22,27H,6,10,13H2,1-5H3,(H,23,25)(H,24,28);4-6,8-9,11,13,15-16,18,21-22H,3,7,10,17H2,1-2H3,(H,19,20);4-6,8-9,11,13,16,18,22H,3,7,10,17H2,1-2H3,(H,19,20);8,10,18H,5-7H2,1-4H3,(H,14,19)(H,15,20)(H,16,17);1-4,10H;3*1H/t14-,16?,18?,19+;14-,16?,19+;11-,13?,15?,16+;11-,13?,16+;;;;;/m1111...../s1. The number of halogens is 3. The maximum Gasteiger partial charge on any atom is 0.408 e. The number of aromatic nitrogens is 3. The molecule has 0 fully saturated rings. The number of nitrogens with two attached hydrogens (primary N) is 2. The van der Waals surface area contributed by atoms with Gasteiger partial charge in [-0.3, -0.25) is 59.6 Å². The number of hydrogen-bond acceptors (Lipinski definition) is 31. The quantitative estimate of drug-likeness (QED) is 0.00847. The van der Waals surface area contributed by atoms with Crippen molar-refractivity contribution in [3.63, 3.8) is 0 Å². The molecule has 8 unspecified atom stereocenters. The van der Waals surface area contributed by atoms with Crippen LogP contribution in [0.3, 0.4) is 0 Å². The molecule has 0 aliphatic carbocycles. The van der Waals surface area contributed by atoms with E-state index in [1.165, 1.54) is 0 Å². The lowest BCUT2D eigenvalue weighted by Gasteiger charge is -2.29. The van der Waals surface area contributed by atoms with Gasteiger partial charge < -0.3 is 109 Å². The summed E-state index contributed by atoms with van der Waals surface area (Å²) in [5, 5.41) is 125. The lowest BCUT2D eigenvalue weighted by Crippen LogP contribution is -2.55. The second-order valence-corrected chi connectivity index (χ2v) is 34.3. The highest BCUT2D eigenvalue weighted by Gasteiger charge is 2.34. The summed E-state index contributed by atoms with van der Waals surface area (Å²) in [7, 11) is 0. The first-order valence-corrected chi connectivity index (χ1v) is 44.7. The van der Waals surface area contributed by atoms with Crippen molar-refractivity contribution in [3.8, 4) is 0 Å². The molecule has 41 nitrogen and oxygen atoms in total. The van der Waals surface area contributed by atoms with Gasteiger partial charge in [0, 0.05) is 6.04 Å². The molecular weight excluding hydrogens is 1850 g/mol. The van der Waals surface area contributed by atoms with E-state index in [1.807, 2.05) is 190 Å². The molecule has 0 bridgehead atoms. The number of nitrogens with zero attached hydrogens (tertiary/aromatic N) is 3. The Balaban J connectivity index is -0.00000159. The van der Waals surface area contributed by atoms with Crippen LogP contribution in [0.1, 0.15) is 235 Å². The summed E-state index contributed by atoms with van der Waals surface area (Å²) >= 11 is 0. The zero-order chi connectivity index (χ0) is 101. The fraction of sp³-hybridized carbons (Fsp3) is 0.559. The van der Waals surface area contributed by atoms with E-state index >= 15 is 0 Å². The van der Waals surface area contributed by atoms with Crippen molar-refractivity contribution in [2.75, 3.05) is 32.7 Å². The molecule has 0 saturated carbocycles. The van der Waals surface area contributed by atoms with E-state index in [9.17, 15) is 88.5 Å². The monoisotopic (exact) mass is 2000 g/mol. The van der Waals surface area contributed by atoms with E-state index in [4.69, 9.17) is 36.0 Å². The predicted molar refractivity (Wildman–Crippen MR) is 525 cm³/mol. The van der Waals surface area contributed by atoms with Gasteiger partial charge in [0.05, 0.1) is 74.5 Å². The number of fused-ring (bicyclic) bond motifs is 1. The predicted octanol–water partition coefficient (Wildman–Crippen LogP) is 6.43. The van der Waals surface area contributed by atoms with Crippen molar-refractivity contribution in [1.29, 1.82) is 0 Å². The molecule has 6 rings (SSSR count). The van der Waals surface area contributed by atoms with Crippen LogP contribution in [-0.2, 0) is 52.6 Å². The third-order valence-corrected chi connectivity index (χ3v) is 18.9. The molecule has 44 heteroatoms. The fourth-order valence-electron chi connectivity index (χ4n) is 12.1. The number of aliphatic carboxylic acids is 1. The number of ketones is 2. The Kier molecular flexibility index (Phi) is 67.0. The number of carbonyl (C=O) groups is 11. The maximum absolute atomic E-state index is 12.5. The number of carboxylic acids is 1. The van der Waals surface area contributed by atoms with Gasteiger partial charge in [-0.25, -0.2) is 19.4 Å². The summed E-state index contributed by atoms with van der Waals surface area (Å²) in [5.41, 5.74) is 14.5. The Morgan fingerprint density at radius 2 is 0.715 bits per heavy atom. The third kappa shape index (κ3) is 57.5. The average Bonchev–Trinajstić information content (AvgIpc) is 1.51. The molecule has 16 atom stereocenters. The molecule has 0 radical (unpaired) electrons. The van der Waals surface area contributed by atoms with Gasteiger partial charge in [-0.15, -0.1) is 42.3 Å². The second kappa shape index (κ2) is 70.2. The highest BCUT2D eigenvalue weighted by atomic mass is 35.5. The topological polar surface area (TPSA) is 634 Å². The van der Waals surface area contributed by atoms with Crippen LogP contribution in [0.25, 0.3) is 11.0 Å². The molecule has 0 aliphatic heterocycles. The molecule has 5 aromatic carbocycles. The van der Waals surface area contributed by atoms with E-state index in [2.05, 4.69) is 79.1 Å². The molecule has 0 aliphatic rings. The molecule has 0 saturated heterocycles. The van der Waals surface area contributed by atoms with E-state index in [0.717, 1.165) is 39.9 Å². The van der Waals surface area contributed by atoms with Gasteiger partial charge in [0.25, 0.3) is 5.91 Å². The smallest absolute Gasteiger partial charge is 0.408 e. The van der Waals surface area contributed by atoms with Gasteiger partial charge in [-0.05, 0) is 167 Å². The first-order chi connectivity index (χ1) is 62.9. The van der Waals surface area contributed by atoms with Gasteiger partial charge in [-0.1, -0.05) is 200 Å². The molecule has 1 aromatic heterocycles. The minimum atomic E-state index is -1.58. The first-order valence-electron chi connectivity index (χ1n) is 44.7. The lowest BCUT2D eigenvalue weighted by molar-refractivity contribution is -0.250. The number of amides is 8. The van der Waals surface area contributed by atoms with Crippen molar-refractivity contribution in [2.45, 2.75) is 303 Å². The summed E-state index contributed by atoms with van der Waals surface area (Å²) in [6, 6.07) is 40.9. The van der Waals surface area contributed by atoms with Gasteiger partial charge in [0.2, 0.25) is 23.6 Å². The number of aliphatic hydroxyl groups is 7. The molecule has 774 valence electrons. The third-order valence-electron chi connectivity index (χ3n) is 18.9. The maximum atomic E-state index is 12.5. The van der Waals surface area contributed by atoms with Crippen LogP contribution in [0.5, 0.6) is 0 Å². The number of hydrogen-bond donors (Lipinski definition) is 23. The number of Topliss-reactive ketones (excluding diaryl/α,β-unsaturated/α-hetero) is 2. The van der Waals surface area contributed by atoms with Crippen LogP contribution >= 0.6 is 37.2 Å². The zero-order valence-electron chi connectivity index (χ0n) is 81.6. The van der Waals surface area contributed by atoms with Crippen LogP contribution in [0.4, 0.5) is 14.4 Å². The molecule has 8 amide bonds. The number of aliphatic hydroxyl groups excluding tert-OH is 7. The van der Waals surface area contributed by atoms with Crippen molar-refractivity contribution < 1.29 is 118 Å². The van der Waals surface area contributed by atoms with Crippen LogP contribution in [-0.4, -0.2) is 250 Å². The largest absolute Gasteiger partial charge is 0.480 e. The summed E-state index contributed by atoms with van der Waals surface area (Å²) in [5.74, 6) is -4.43. The molecule has 137 heavy (non-hydrogen) atoms. The number of carboxylic acid groups (broad SMARTS) is 1. The Bertz CT molecular complexity index is 4400. The first kappa shape index (κ1) is 131. The number of alkyl carbamates (subject to hydrolysis) is 3. The Morgan fingerprint density at radius 3 is 1.07 bits per heavy atom. The second-order valence-electron chi connectivity index (χ2n) is 34.3. The van der Waals surface area contributed by atoms with Crippen LogP contribution in [0.15, 0.2) is 146 Å². The fourth-order valence-corrected chi connectivity index (χ4v) is 12.1. The van der Waals surface area contributed by atoms with Crippen LogP contribution in [0.2, 0.25) is 0 Å². The summed E-state index contributed by atoms with van der Waals surface area (Å²) in [6.07, 6.45) is -5.97. The highest BCUT2D eigenvalue weighted by Crippen LogP contribution is 2.19. The van der Waals surface area contributed by atoms with Gasteiger partial charge in [0.15, 0.2) is 30.1 Å². The minimum absolute atomic E-state index is 0. The lowest BCUT2D eigenvalue weighted by atomic mass is 10.0.